The Morgan fingerprint density at radius 1 is 1.06 bits per heavy atom. The van der Waals surface area contributed by atoms with Gasteiger partial charge in [0.05, 0.1) is 23.2 Å². The maximum absolute atomic E-state index is 12.7. The number of nitrogens with zero attached hydrogens (tertiary/aromatic N) is 4. The fourth-order valence-corrected chi connectivity index (χ4v) is 4.65. The van der Waals surface area contributed by atoms with Crippen LogP contribution in [0.15, 0.2) is 72.0 Å². The Morgan fingerprint density at radius 3 is 2.43 bits per heavy atom. The molecule has 0 saturated heterocycles. The lowest BCUT2D eigenvalue weighted by molar-refractivity contribution is 0.234. The normalized spacial score (nSPS) is 12.3. The number of nitrogens with one attached hydrogen (secondary N) is 1. The summed E-state index contributed by atoms with van der Waals surface area (Å²) >= 11 is 0. The first kappa shape index (κ1) is 24.5. The van der Waals surface area contributed by atoms with Crippen molar-refractivity contribution in [2.24, 2.45) is 0 Å². The van der Waals surface area contributed by atoms with E-state index in [1.165, 1.54) is 25.4 Å². The molecule has 0 atom stereocenters. The first-order valence-electron chi connectivity index (χ1n) is 10.2. The van der Waals surface area contributed by atoms with Crippen LogP contribution in [0.2, 0.25) is 0 Å². The van der Waals surface area contributed by atoms with Crippen molar-refractivity contribution in [2.45, 2.75) is 17.2 Å². The van der Waals surface area contributed by atoms with Crippen molar-refractivity contribution in [1.82, 2.24) is 14.5 Å². The molecule has 0 aliphatic carbocycles. The minimum atomic E-state index is -4.67. The van der Waals surface area contributed by atoms with E-state index in [1.807, 2.05) is 16.8 Å². The van der Waals surface area contributed by atoms with Crippen molar-refractivity contribution >= 4 is 48.1 Å². The van der Waals surface area contributed by atoms with E-state index in [4.69, 9.17) is 0 Å². The monoisotopic (exact) mass is 521 g/mol. The van der Waals surface area contributed by atoms with E-state index in [0.29, 0.717) is 29.4 Å². The summed E-state index contributed by atoms with van der Waals surface area (Å²) < 4.78 is 75.7. The molecule has 184 valence electrons. The molecule has 1 N–H and O–H groups in total. The number of sulfone groups is 1. The number of fused-ring (bicyclic) bond motifs is 1. The van der Waals surface area contributed by atoms with Crippen LogP contribution in [0.1, 0.15) is 5.56 Å². The van der Waals surface area contributed by atoms with Crippen molar-refractivity contribution < 1.29 is 25.6 Å². The topological polar surface area (TPSA) is 114 Å². The largest absolute Gasteiger partial charge is 0.343 e. The molecule has 4 aromatic rings. The zero-order valence-electron chi connectivity index (χ0n) is 18.6. The highest BCUT2D eigenvalue weighted by atomic mass is 32.2. The van der Waals surface area contributed by atoms with Crippen LogP contribution in [0.4, 0.5) is 26.1 Å². The predicted octanol–water partition coefficient (Wildman–Crippen LogP) is 3.62. The number of sulfonamides is 1. The molecule has 0 unspecified atom stereocenters. The van der Waals surface area contributed by atoms with Crippen LogP contribution < -0.4 is 9.62 Å². The first-order chi connectivity index (χ1) is 16.5. The highest BCUT2D eigenvalue weighted by Gasteiger charge is 2.26. The summed E-state index contributed by atoms with van der Waals surface area (Å²) in [5.74, 6) is -2.72. The van der Waals surface area contributed by atoms with Gasteiger partial charge in [-0.2, -0.15) is 8.78 Å². The Morgan fingerprint density at radius 2 is 1.77 bits per heavy atom. The SMILES string of the molecule is CN(c1ncccc1Cn1ccc2cnc(Nc3ccc(S(=O)(=O)C(F)F)cc3)cc21)S(C)(=O)=O. The second-order valence-corrected chi connectivity index (χ2v) is 11.7. The molecular formula is C22H21F2N5O4S2. The number of rotatable bonds is 8. The molecule has 13 heteroatoms. The summed E-state index contributed by atoms with van der Waals surface area (Å²) in [6.45, 7) is 0.343. The van der Waals surface area contributed by atoms with Gasteiger partial charge in [0.1, 0.15) is 11.6 Å². The number of alkyl halides is 2. The number of aromatic nitrogens is 3. The third kappa shape index (κ3) is 5.10. The van der Waals surface area contributed by atoms with Gasteiger partial charge >= 0.3 is 5.76 Å². The van der Waals surface area contributed by atoms with Crippen LogP contribution in [0.5, 0.6) is 0 Å². The van der Waals surface area contributed by atoms with Crippen LogP contribution in [0.25, 0.3) is 10.9 Å². The average Bonchev–Trinajstić information content (AvgIpc) is 3.20. The maximum Gasteiger partial charge on any atom is 0.341 e. The number of halogens is 2. The molecule has 3 heterocycles. The molecule has 0 aliphatic heterocycles. The number of benzene rings is 1. The van der Waals surface area contributed by atoms with Crippen LogP contribution in [0.3, 0.4) is 0 Å². The molecule has 35 heavy (non-hydrogen) atoms. The molecule has 3 aromatic heterocycles. The third-order valence-corrected chi connectivity index (χ3v) is 7.92. The lowest BCUT2D eigenvalue weighted by Gasteiger charge is -2.19. The molecule has 0 saturated carbocycles. The van der Waals surface area contributed by atoms with E-state index in [9.17, 15) is 25.6 Å². The van der Waals surface area contributed by atoms with Gasteiger partial charge in [0.25, 0.3) is 0 Å². The Balaban J connectivity index is 1.61. The molecule has 0 amide bonds. The summed E-state index contributed by atoms with van der Waals surface area (Å²) in [6.07, 6.45) is 6.13. The van der Waals surface area contributed by atoms with Crippen molar-refractivity contribution in [3.8, 4) is 0 Å². The van der Waals surface area contributed by atoms with Gasteiger partial charge < -0.3 is 9.88 Å². The minimum Gasteiger partial charge on any atom is -0.343 e. The molecule has 9 nitrogen and oxygen atoms in total. The van der Waals surface area contributed by atoms with Crippen LogP contribution in [0, 0.1) is 0 Å². The van der Waals surface area contributed by atoms with Crippen LogP contribution >= 0.6 is 0 Å². The zero-order valence-corrected chi connectivity index (χ0v) is 20.3. The van der Waals surface area contributed by atoms with Crippen molar-refractivity contribution in [3.05, 3.63) is 72.7 Å². The van der Waals surface area contributed by atoms with E-state index < -0.39 is 30.5 Å². The lowest BCUT2D eigenvalue weighted by Crippen LogP contribution is -2.27. The summed E-state index contributed by atoms with van der Waals surface area (Å²) in [5, 5.41) is 3.87. The Hall–Kier alpha value is -3.58. The number of pyridine rings is 2. The van der Waals surface area contributed by atoms with Crippen molar-refractivity contribution in [1.29, 1.82) is 0 Å². The smallest absolute Gasteiger partial charge is 0.341 e. The van der Waals surface area contributed by atoms with Crippen LogP contribution in [-0.4, -0.2) is 50.4 Å². The molecule has 4 rings (SSSR count). The van der Waals surface area contributed by atoms with Gasteiger partial charge in [0.15, 0.2) is 0 Å². The van der Waals surface area contributed by atoms with Gasteiger partial charge in [0.2, 0.25) is 19.9 Å². The summed E-state index contributed by atoms with van der Waals surface area (Å²) in [5.41, 5.74) is 1.96. The zero-order chi connectivity index (χ0) is 25.4. The van der Waals surface area contributed by atoms with E-state index in [2.05, 4.69) is 15.3 Å². The highest BCUT2D eigenvalue weighted by molar-refractivity contribution is 7.92. The average molecular weight is 522 g/mol. The third-order valence-electron chi connectivity index (χ3n) is 5.35. The summed E-state index contributed by atoms with van der Waals surface area (Å²) in [6, 6.07) is 12.1. The fraction of sp³-hybridized carbons (Fsp3) is 0.182. The van der Waals surface area contributed by atoms with Gasteiger partial charge in [-0.15, -0.1) is 0 Å². The molecule has 0 spiro atoms. The highest BCUT2D eigenvalue weighted by Crippen LogP contribution is 2.26. The van der Waals surface area contributed by atoms with Gasteiger partial charge in [-0.05, 0) is 36.4 Å². The second-order valence-electron chi connectivity index (χ2n) is 7.74. The maximum atomic E-state index is 12.7. The van der Waals surface area contributed by atoms with E-state index >= 15 is 0 Å². The van der Waals surface area contributed by atoms with Crippen molar-refractivity contribution in [3.63, 3.8) is 0 Å². The number of hydrogen-bond donors (Lipinski definition) is 1. The summed E-state index contributed by atoms with van der Waals surface area (Å²) in [7, 11) is -6.72. The summed E-state index contributed by atoms with van der Waals surface area (Å²) in [4.78, 5) is 8.10. The fourth-order valence-electron chi connectivity index (χ4n) is 3.45. The van der Waals surface area contributed by atoms with E-state index in [1.54, 1.807) is 24.4 Å². The predicted molar refractivity (Wildman–Crippen MR) is 129 cm³/mol. The van der Waals surface area contributed by atoms with Crippen LogP contribution in [-0.2, 0) is 26.4 Å². The Kier molecular flexibility index (Phi) is 6.47. The molecule has 0 aliphatic rings. The second kappa shape index (κ2) is 9.23. The van der Waals surface area contributed by atoms with E-state index in [0.717, 1.165) is 33.6 Å². The Labute approximate surface area is 201 Å². The van der Waals surface area contributed by atoms with Gasteiger partial charge in [0, 0.05) is 48.3 Å². The van der Waals surface area contributed by atoms with Gasteiger partial charge in [-0.1, -0.05) is 6.07 Å². The van der Waals surface area contributed by atoms with Gasteiger partial charge in [-0.25, -0.2) is 26.8 Å². The molecule has 0 radical (unpaired) electrons. The van der Waals surface area contributed by atoms with Crippen molar-refractivity contribution in [2.75, 3.05) is 22.9 Å². The van der Waals surface area contributed by atoms with Gasteiger partial charge in [-0.3, -0.25) is 4.31 Å². The molecular weight excluding hydrogens is 500 g/mol. The minimum absolute atomic E-state index is 0.322. The number of anilines is 3. The van der Waals surface area contributed by atoms with E-state index in [-0.39, 0.29) is 0 Å². The molecule has 0 fully saturated rings. The molecule has 0 bridgehead atoms. The lowest BCUT2D eigenvalue weighted by atomic mass is 10.2. The standard InChI is InChI=1S/C22H21F2N5O4S2/c1-28(34(2,30)31)21-16(4-3-10-25-21)14-29-11-9-15-13-26-20(12-19(15)29)27-17-5-7-18(8-6-17)35(32,33)22(23)24/h3-13,22H,14H2,1-2H3,(H,26,27). The number of hydrogen-bond acceptors (Lipinski definition) is 7. The molecule has 1 aromatic carbocycles. The first-order valence-corrected chi connectivity index (χ1v) is 13.6. The Bertz CT molecular complexity index is 1590. The quantitative estimate of drug-likeness (QED) is 0.377.